The largest absolute Gasteiger partial charge is 0.385 e. The highest BCUT2D eigenvalue weighted by molar-refractivity contribution is 5.80. The van der Waals surface area contributed by atoms with Gasteiger partial charge in [-0.15, -0.1) is 0 Å². The Bertz CT molecular complexity index is 299. The number of carbonyl (C=O) groups excluding carboxylic acids is 1. The van der Waals surface area contributed by atoms with Gasteiger partial charge in [0.2, 0.25) is 5.91 Å². The summed E-state index contributed by atoms with van der Waals surface area (Å²) in [7, 11) is 1.70. The number of hydrogen-bond donors (Lipinski definition) is 1. The van der Waals surface area contributed by atoms with E-state index in [4.69, 9.17) is 4.74 Å². The molecule has 1 aliphatic rings. The minimum atomic E-state index is 0.154. The Morgan fingerprint density at radius 3 is 2.42 bits per heavy atom. The van der Waals surface area contributed by atoms with Crippen molar-refractivity contribution in [2.45, 2.75) is 20.3 Å². The molecule has 0 spiro atoms. The lowest BCUT2D eigenvalue weighted by Gasteiger charge is -2.36. The van der Waals surface area contributed by atoms with Crippen LogP contribution in [0.15, 0.2) is 4.99 Å². The van der Waals surface area contributed by atoms with E-state index in [2.05, 4.69) is 22.1 Å². The predicted molar refractivity (Wildman–Crippen MR) is 76.3 cm³/mol. The Kier molecular flexibility index (Phi) is 7.25. The normalized spacial score (nSPS) is 16.7. The van der Waals surface area contributed by atoms with Crippen LogP contribution in [0.2, 0.25) is 0 Å². The number of hydrogen-bond acceptors (Lipinski definition) is 3. The second kappa shape index (κ2) is 8.74. The van der Waals surface area contributed by atoms with Crippen molar-refractivity contribution in [2.24, 2.45) is 4.99 Å². The molecule has 6 heteroatoms. The van der Waals surface area contributed by atoms with Crippen LogP contribution in [0, 0.1) is 0 Å². The Hall–Kier alpha value is -1.30. The standard InChI is InChI=1S/C13H26N4O2/c1-4-14-13(15-6-5-11-19-3)17-9-7-16(8-10-17)12(2)18/h4-11H2,1-3H3,(H,14,15). The fraction of sp³-hybridized carbons (Fsp3) is 0.846. The van der Waals surface area contributed by atoms with E-state index >= 15 is 0 Å². The van der Waals surface area contributed by atoms with Crippen LogP contribution in [0.3, 0.4) is 0 Å². The maximum absolute atomic E-state index is 11.3. The summed E-state index contributed by atoms with van der Waals surface area (Å²) in [5.74, 6) is 1.10. The van der Waals surface area contributed by atoms with E-state index < -0.39 is 0 Å². The van der Waals surface area contributed by atoms with Gasteiger partial charge in [-0.25, -0.2) is 0 Å². The lowest BCUT2D eigenvalue weighted by molar-refractivity contribution is -0.130. The van der Waals surface area contributed by atoms with Gasteiger partial charge in [0.25, 0.3) is 0 Å². The highest BCUT2D eigenvalue weighted by atomic mass is 16.5. The molecule has 0 bridgehead atoms. The number of nitrogens with zero attached hydrogens (tertiary/aromatic N) is 3. The van der Waals surface area contributed by atoms with Crippen molar-refractivity contribution >= 4 is 11.9 Å². The summed E-state index contributed by atoms with van der Waals surface area (Å²) < 4.78 is 5.02. The van der Waals surface area contributed by atoms with Crippen LogP contribution in [-0.4, -0.2) is 74.7 Å². The summed E-state index contributed by atoms with van der Waals surface area (Å²) in [6, 6.07) is 0. The number of aliphatic imine (C=N–C) groups is 1. The van der Waals surface area contributed by atoms with Gasteiger partial charge in [-0.3, -0.25) is 9.79 Å². The molecule has 1 rings (SSSR count). The maximum Gasteiger partial charge on any atom is 0.219 e. The molecule has 0 aliphatic carbocycles. The van der Waals surface area contributed by atoms with Crippen molar-refractivity contribution in [3.63, 3.8) is 0 Å². The van der Waals surface area contributed by atoms with Gasteiger partial charge in [-0.2, -0.15) is 0 Å². The van der Waals surface area contributed by atoms with E-state index in [0.29, 0.717) is 0 Å². The fourth-order valence-corrected chi connectivity index (χ4v) is 2.05. The number of amides is 1. The number of piperazine rings is 1. The summed E-state index contributed by atoms with van der Waals surface area (Å²) in [6.07, 6.45) is 0.929. The SMILES string of the molecule is CCNC(=NCCCOC)N1CCN(C(C)=O)CC1. The van der Waals surface area contributed by atoms with Crippen LogP contribution < -0.4 is 5.32 Å². The monoisotopic (exact) mass is 270 g/mol. The number of nitrogens with one attached hydrogen (secondary N) is 1. The molecule has 1 amide bonds. The van der Waals surface area contributed by atoms with E-state index in [-0.39, 0.29) is 5.91 Å². The van der Waals surface area contributed by atoms with Gasteiger partial charge in [-0.1, -0.05) is 0 Å². The topological polar surface area (TPSA) is 57.2 Å². The molecule has 1 N–H and O–H groups in total. The van der Waals surface area contributed by atoms with Crippen molar-refractivity contribution in [3.05, 3.63) is 0 Å². The van der Waals surface area contributed by atoms with Crippen LogP contribution in [-0.2, 0) is 9.53 Å². The molecule has 0 aromatic carbocycles. The number of ether oxygens (including phenoxy) is 1. The molecule has 0 aromatic heterocycles. The molecule has 6 nitrogen and oxygen atoms in total. The van der Waals surface area contributed by atoms with Crippen molar-refractivity contribution in [1.82, 2.24) is 15.1 Å². The summed E-state index contributed by atoms with van der Waals surface area (Å²) in [6.45, 7) is 9.29. The summed E-state index contributed by atoms with van der Waals surface area (Å²) in [4.78, 5) is 20.0. The molecule has 1 fully saturated rings. The Morgan fingerprint density at radius 2 is 1.89 bits per heavy atom. The van der Waals surface area contributed by atoms with Crippen LogP contribution in [0.1, 0.15) is 20.3 Å². The van der Waals surface area contributed by atoms with Crippen molar-refractivity contribution in [2.75, 3.05) is 53.0 Å². The van der Waals surface area contributed by atoms with E-state index in [1.807, 2.05) is 4.90 Å². The molecular weight excluding hydrogens is 244 g/mol. The molecule has 1 saturated heterocycles. The highest BCUT2D eigenvalue weighted by Crippen LogP contribution is 2.02. The Balaban J connectivity index is 2.46. The molecule has 0 atom stereocenters. The van der Waals surface area contributed by atoms with Gasteiger partial charge in [0, 0.05) is 59.9 Å². The molecule has 0 radical (unpaired) electrons. The third-order valence-corrected chi connectivity index (χ3v) is 3.13. The highest BCUT2D eigenvalue weighted by Gasteiger charge is 2.20. The molecule has 0 unspecified atom stereocenters. The Morgan fingerprint density at radius 1 is 1.26 bits per heavy atom. The van der Waals surface area contributed by atoms with E-state index in [1.165, 1.54) is 0 Å². The van der Waals surface area contributed by atoms with Crippen LogP contribution in [0.25, 0.3) is 0 Å². The first-order chi connectivity index (χ1) is 9.19. The van der Waals surface area contributed by atoms with Crippen LogP contribution in [0.5, 0.6) is 0 Å². The minimum Gasteiger partial charge on any atom is -0.385 e. The number of carbonyl (C=O) groups is 1. The van der Waals surface area contributed by atoms with Gasteiger partial charge in [-0.05, 0) is 13.3 Å². The van der Waals surface area contributed by atoms with E-state index in [0.717, 1.165) is 58.3 Å². The summed E-state index contributed by atoms with van der Waals surface area (Å²) >= 11 is 0. The Labute approximate surface area is 115 Å². The van der Waals surface area contributed by atoms with E-state index in [1.54, 1.807) is 14.0 Å². The van der Waals surface area contributed by atoms with Crippen molar-refractivity contribution in [3.8, 4) is 0 Å². The van der Waals surface area contributed by atoms with Crippen LogP contribution in [0.4, 0.5) is 0 Å². The van der Waals surface area contributed by atoms with E-state index in [9.17, 15) is 4.79 Å². The number of rotatable bonds is 5. The quantitative estimate of drug-likeness (QED) is 0.439. The zero-order valence-electron chi connectivity index (χ0n) is 12.3. The van der Waals surface area contributed by atoms with Gasteiger partial charge in [0.05, 0.1) is 0 Å². The number of methoxy groups -OCH3 is 1. The molecular formula is C13H26N4O2. The zero-order chi connectivity index (χ0) is 14.1. The molecule has 0 saturated carbocycles. The van der Waals surface area contributed by atoms with Crippen molar-refractivity contribution in [1.29, 1.82) is 0 Å². The van der Waals surface area contributed by atoms with Crippen molar-refractivity contribution < 1.29 is 9.53 Å². The van der Waals surface area contributed by atoms with Crippen LogP contribution >= 0.6 is 0 Å². The smallest absolute Gasteiger partial charge is 0.219 e. The summed E-state index contributed by atoms with van der Waals surface area (Å²) in [5.41, 5.74) is 0. The molecule has 1 heterocycles. The third kappa shape index (κ3) is 5.46. The first-order valence-corrected chi connectivity index (χ1v) is 6.96. The van der Waals surface area contributed by atoms with Gasteiger partial charge < -0.3 is 19.9 Å². The minimum absolute atomic E-state index is 0.154. The predicted octanol–water partition coefficient (Wildman–Crippen LogP) is 0.153. The fourth-order valence-electron chi connectivity index (χ4n) is 2.05. The molecule has 19 heavy (non-hydrogen) atoms. The average Bonchev–Trinajstić information content (AvgIpc) is 2.42. The lowest BCUT2D eigenvalue weighted by atomic mass is 10.3. The van der Waals surface area contributed by atoms with Gasteiger partial charge in [0.1, 0.15) is 0 Å². The second-order valence-corrected chi connectivity index (χ2v) is 4.58. The lowest BCUT2D eigenvalue weighted by Crippen LogP contribution is -2.53. The average molecular weight is 270 g/mol. The second-order valence-electron chi connectivity index (χ2n) is 4.58. The maximum atomic E-state index is 11.3. The van der Waals surface area contributed by atoms with Gasteiger partial charge >= 0.3 is 0 Å². The molecule has 0 aromatic rings. The third-order valence-electron chi connectivity index (χ3n) is 3.13. The molecule has 1 aliphatic heterocycles. The summed E-state index contributed by atoms with van der Waals surface area (Å²) in [5, 5.41) is 3.30. The first-order valence-electron chi connectivity index (χ1n) is 6.96. The first kappa shape index (κ1) is 15.8. The zero-order valence-corrected chi connectivity index (χ0v) is 12.3. The number of guanidine groups is 1. The molecule has 110 valence electrons. The van der Waals surface area contributed by atoms with Gasteiger partial charge in [0.15, 0.2) is 5.96 Å².